The fraction of sp³-hybridized carbons (Fsp3) is 0.167. The van der Waals surface area contributed by atoms with Crippen LogP contribution < -0.4 is 0 Å². The Kier molecular flexibility index (Phi) is 5.33. The second kappa shape index (κ2) is 7.64. The van der Waals surface area contributed by atoms with Crippen LogP contribution in [-0.4, -0.2) is 19.7 Å². The zero-order valence-electron chi connectivity index (χ0n) is 13.3. The van der Waals surface area contributed by atoms with Crippen LogP contribution in [0.5, 0.6) is 0 Å². The SMILES string of the molecule is C=CCn1c(S[C@H](C)c2ccccc2Cl)nnc1-c1ccncc1. The van der Waals surface area contributed by atoms with Gasteiger partial charge in [0.05, 0.1) is 0 Å². The van der Waals surface area contributed by atoms with E-state index in [2.05, 4.69) is 33.3 Å². The highest BCUT2D eigenvalue weighted by atomic mass is 35.5. The minimum Gasteiger partial charge on any atom is -0.298 e. The van der Waals surface area contributed by atoms with E-state index in [9.17, 15) is 0 Å². The van der Waals surface area contributed by atoms with Crippen LogP contribution >= 0.6 is 23.4 Å². The van der Waals surface area contributed by atoms with Gasteiger partial charge < -0.3 is 0 Å². The lowest BCUT2D eigenvalue weighted by atomic mass is 10.2. The van der Waals surface area contributed by atoms with Gasteiger partial charge in [-0.2, -0.15) is 0 Å². The molecule has 0 radical (unpaired) electrons. The fourth-order valence-corrected chi connectivity index (χ4v) is 3.80. The van der Waals surface area contributed by atoms with Gasteiger partial charge in [-0.3, -0.25) is 9.55 Å². The van der Waals surface area contributed by atoms with Crippen LogP contribution in [0, 0.1) is 0 Å². The molecule has 122 valence electrons. The summed E-state index contributed by atoms with van der Waals surface area (Å²) in [5.41, 5.74) is 2.07. The molecule has 0 aliphatic heterocycles. The molecular formula is C18H17ClN4S. The summed E-state index contributed by atoms with van der Waals surface area (Å²) < 4.78 is 2.06. The van der Waals surface area contributed by atoms with Gasteiger partial charge in [-0.25, -0.2) is 0 Å². The van der Waals surface area contributed by atoms with Crippen molar-refractivity contribution in [3.8, 4) is 11.4 Å². The molecule has 2 heterocycles. The van der Waals surface area contributed by atoms with Crippen LogP contribution in [0.25, 0.3) is 11.4 Å². The van der Waals surface area contributed by atoms with E-state index >= 15 is 0 Å². The average Bonchev–Trinajstić information content (AvgIpc) is 2.99. The van der Waals surface area contributed by atoms with Crippen molar-refractivity contribution in [1.29, 1.82) is 0 Å². The number of hydrogen-bond donors (Lipinski definition) is 0. The van der Waals surface area contributed by atoms with Crippen molar-refractivity contribution in [2.45, 2.75) is 23.9 Å². The Labute approximate surface area is 150 Å². The molecule has 0 unspecified atom stereocenters. The number of aromatic nitrogens is 4. The predicted molar refractivity (Wildman–Crippen MR) is 99.2 cm³/mol. The van der Waals surface area contributed by atoms with E-state index in [-0.39, 0.29) is 5.25 Å². The molecule has 0 saturated heterocycles. The Hall–Kier alpha value is -2.11. The highest BCUT2D eigenvalue weighted by Crippen LogP contribution is 2.38. The van der Waals surface area contributed by atoms with E-state index in [1.807, 2.05) is 42.5 Å². The molecule has 1 aromatic carbocycles. The van der Waals surface area contributed by atoms with Gasteiger partial charge in [-0.15, -0.1) is 16.8 Å². The highest BCUT2D eigenvalue weighted by molar-refractivity contribution is 7.99. The largest absolute Gasteiger partial charge is 0.298 e. The second-order valence-corrected chi connectivity index (χ2v) is 6.94. The van der Waals surface area contributed by atoms with Gasteiger partial charge in [0.1, 0.15) is 0 Å². The molecule has 2 aromatic heterocycles. The maximum absolute atomic E-state index is 6.31. The average molecular weight is 357 g/mol. The molecule has 0 amide bonds. The third-order valence-corrected chi connectivity index (χ3v) is 5.06. The van der Waals surface area contributed by atoms with Crippen molar-refractivity contribution in [2.75, 3.05) is 0 Å². The molecule has 6 heteroatoms. The van der Waals surface area contributed by atoms with Crippen LogP contribution in [0.1, 0.15) is 17.7 Å². The zero-order valence-corrected chi connectivity index (χ0v) is 14.8. The first-order valence-electron chi connectivity index (χ1n) is 7.56. The smallest absolute Gasteiger partial charge is 0.192 e. The van der Waals surface area contributed by atoms with Gasteiger partial charge in [-0.1, -0.05) is 47.6 Å². The molecule has 4 nitrogen and oxygen atoms in total. The van der Waals surface area contributed by atoms with E-state index in [0.717, 1.165) is 27.1 Å². The Morgan fingerprint density at radius 3 is 2.67 bits per heavy atom. The fourth-order valence-electron chi connectivity index (χ4n) is 2.41. The van der Waals surface area contributed by atoms with Gasteiger partial charge in [0.25, 0.3) is 0 Å². The predicted octanol–water partition coefficient (Wildman–Crippen LogP) is 5.03. The lowest BCUT2D eigenvalue weighted by molar-refractivity contribution is 0.729. The molecule has 3 rings (SSSR count). The summed E-state index contributed by atoms with van der Waals surface area (Å²) in [6, 6.07) is 11.7. The monoisotopic (exact) mass is 356 g/mol. The molecule has 24 heavy (non-hydrogen) atoms. The number of benzene rings is 1. The van der Waals surface area contributed by atoms with Crippen LogP contribution in [0.2, 0.25) is 5.02 Å². The summed E-state index contributed by atoms with van der Waals surface area (Å²) in [5.74, 6) is 0.811. The number of thioether (sulfide) groups is 1. The summed E-state index contributed by atoms with van der Waals surface area (Å²) in [6.45, 7) is 6.60. The number of hydrogen-bond acceptors (Lipinski definition) is 4. The first-order valence-corrected chi connectivity index (χ1v) is 8.82. The van der Waals surface area contributed by atoms with Crippen molar-refractivity contribution in [3.63, 3.8) is 0 Å². The zero-order chi connectivity index (χ0) is 16.9. The minimum atomic E-state index is 0.164. The van der Waals surface area contributed by atoms with E-state index in [1.54, 1.807) is 24.2 Å². The standard InChI is InChI=1S/C18H17ClN4S/c1-3-12-23-17(14-8-10-20-11-9-14)21-22-18(23)24-13(2)15-6-4-5-7-16(15)19/h3-11,13H,1,12H2,2H3/t13-/m1/s1. The number of nitrogens with zero attached hydrogens (tertiary/aromatic N) is 4. The molecule has 0 aliphatic carbocycles. The molecule has 0 N–H and O–H groups in total. The van der Waals surface area contributed by atoms with Gasteiger partial charge in [0.2, 0.25) is 0 Å². The normalized spacial score (nSPS) is 12.1. The quantitative estimate of drug-likeness (QED) is 0.458. The van der Waals surface area contributed by atoms with Crippen LogP contribution in [-0.2, 0) is 6.54 Å². The molecule has 0 aliphatic rings. The lowest BCUT2D eigenvalue weighted by Crippen LogP contribution is -2.02. The van der Waals surface area contributed by atoms with E-state index < -0.39 is 0 Å². The summed E-state index contributed by atoms with van der Waals surface area (Å²) in [7, 11) is 0. The maximum atomic E-state index is 6.31. The van der Waals surface area contributed by atoms with Crippen molar-refractivity contribution < 1.29 is 0 Å². The van der Waals surface area contributed by atoms with Crippen LogP contribution in [0.4, 0.5) is 0 Å². The number of allylic oxidation sites excluding steroid dienone is 1. The second-order valence-electron chi connectivity index (χ2n) is 5.22. The van der Waals surface area contributed by atoms with Crippen molar-refractivity contribution in [2.24, 2.45) is 0 Å². The maximum Gasteiger partial charge on any atom is 0.192 e. The highest BCUT2D eigenvalue weighted by Gasteiger charge is 2.18. The molecular weight excluding hydrogens is 340 g/mol. The Morgan fingerprint density at radius 2 is 1.96 bits per heavy atom. The first-order chi connectivity index (χ1) is 11.7. The molecule has 3 aromatic rings. The Bertz CT molecular complexity index is 832. The van der Waals surface area contributed by atoms with E-state index in [0.29, 0.717) is 6.54 Å². The summed E-state index contributed by atoms with van der Waals surface area (Å²) in [6.07, 6.45) is 5.35. The van der Waals surface area contributed by atoms with Crippen molar-refractivity contribution in [3.05, 3.63) is 72.0 Å². The summed E-state index contributed by atoms with van der Waals surface area (Å²) in [5, 5.41) is 10.5. The minimum absolute atomic E-state index is 0.164. The van der Waals surface area contributed by atoms with Crippen molar-refractivity contribution >= 4 is 23.4 Å². The number of halogens is 1. The summed E-state index contributed by atoms with van der Waals surface area (Å²) >= 11 is 7.94. The third kappa shape index (κ3) is 3.52. The molecule has 1 atom stereocenters. The van der Waals surface area contributed by atoms with Crippen molar-refractivity contribution in [1.82, 2.24) is 19.7 Å². The van der Waals surface area contributed by atoms with E-state index in [1.165, 1.54) is 0 Å². The third-order valence-electron chi connectivity index (χ3n) is 3.59. The lowest BCUT2D eigenvalue weighted by Gasteiger charge is -2.14. The Morgan fingerprint density at radius 1 is 1.21 bits per heavy atom. The number of pyridine rings is 1. The topological polar surface area (TPSA) is 43.6 Å². The van der Waals surface area contributed by atoms with E-state index in [4.69, 9.17) is 11.6 Å². The Balaban J connectivity index is 1.92. The molecule has 0 bridgehead atoms. The number of rotatable bonds is 6. The molecule has 0 fully saturated rings. The van der Waals surface area contributed by atoms with Crippen LogP contribution in [0.15, 0.2) is 66.6 Å². The van der Waals surface area contributed by atoms with Gasteiger partial charge in [0, 0.05) is 34.8 Å². The van der Waals surface area contributed by atoms with Gasteiger partial charge >= 0.3 is 0 Å². The van der Waals surface area contributed by atoms with Crippen LogP contribution in [0.3, 0.4) is 0 Å². The molecule has 0 spiro atoms. The van der Waals surface area contributed by atoms with Gasteiger partial charge in [-0.05, 0) is 30.7 Å². The van der Waals surface area contributed by atoms with Gasteiger partial charge in [0.15, 0.2) is 11.0 Å². The molecule has 0 saturated carbocycles. The first kappa shape index (κ1) is 16.7. The summed E-state index contributed by atoms with van der Waals surface area (Å²) in [4.78, 5) is 4.05.